The molecule has 1 rings (SSSR count). The Morgan fingerprint density at radius 1 is 1.27 bits per heavy atom. The standard InChI is InChI=1S/C18H31N3O4S/c1-5-25-15-6-8-16(9-7-15)26(23,24)20-12-10-18(22)21(4)13-11-17(19)14(2)3/h6-9,14,17,20H,5,10-13,19H2,1-4H3. The molecule has 0 aromatic heterocycles. The highest BCUT2D eigenvalue weighted by molar-refractivity contribution is 7.89. The highest BCUT2D eigenvalue weighted by Gasteiger charge is 2.16. The van der Waals surface area contributed by atoms with Crippen LogP contribution in [-0.2, 0) is 14.8 Å². The molecule has 1 aromatic carbocycles. The van der Waals surface area contributed by atoms with Gasteiger partial charge in [-0.2, -0.15) is 0 Å². The molecule has 148 valence electrons. The second kappa shape index (κ2) is 10.5. The summed E-state index contributed by atoms with van der Waals surface area (Å²) in [5, 5.41) is 0. The summed E-state index contributed by atoms with van der Waals surface area (Å²) in [4.78, 5) is 13.8. The van der Waals surface area contributed by atoms with Crippen molar-refractivity contribution in [3.8, 4) is 5.75 Å². The van der Waals surface area contributed by atoms with E-state index < -0.39 is 10.0 Å². The molecule has 8 heteroatoms. The Kier molecular flexibility index (Phi) is 9.04. The topological polar surface area (TPSA) is 102 Å². The predicted molar refractivity (Wildman–Crippen MR) is 102 cm³/mol. The molecular weight excluding hydrogens is 354 g/mol. The van der Waals surface area contributed by atoms with Crippen molar-refractivity contribution in [3.63, 3.8) is 0 Å². The van der Waals surface area contributed by atoms with Crippen molar-refractivity contribution in [1.29, 1.82) is 0 Å². The number of nitrogens with zero attached hydrogens (tertiary/aromatic N) is 1. The molecule has 0 saturated carbocycles. The minimum absolute atomic E-state index is 0.0448. The lowest BCUT2D eigenvalue weighted by molar-refractivity contribution is -0.129. The Morgan fingerprint density at radius 3 is 2.42 bits per heavy atom. The van der Waals surface area contributed by atoms with Crippen molar-refractivity contribution in [2.24, 2.45) is 11.7 Å². The van der Waals surface area contributed by atoms with Gasteiger partial charge >= 0.3 is 0 Å². The van der Waals surface area contributed by atoms with E-state index >= 15 is 0 Å². The Labute approximate surface area is 156 Å². The lowest BCUT2D eigenvalue weighted by Crippen LogP contribution is -2.36. The molecule has 3 N–H and O–H groups in total. The van der Waals surface area contributed by atoms with E-state index in [1.54, 1.807) is 24.1 Å². The number of hydrogen-bond acceptors (Lipinski definition) is 5. The molecule has 0 radical (unpaired) electrons. The first kappa shape index (κ1) is 22.4. The zero-order valence-corrected chi connectivity index (χ0v) is 16.9. The summed E-state index contributed by atoms with van der Waals surface area (Å²) in [5.74, 6) is 0.859. The minimum atomic E-state index is -3.65. The van der Waals surface area contributed by atoms with Crippen LogP contribution in [0.15, 0.2) is 29.2 Å². The number of hydrogen-bond donors (Lipinski definition) is 2. The van der Waals surface area contributed by atoms with Gasteiger partial charge in [-0.15, -0.1) is 0 Å². The summed E-state index contributed by atoms with van der Waals surface area (Å²) in [5.41, 5.74) is 5.98. The molecular formula is C18H31N3O4S. The maximum Gasteiger partial charge on any atom is 0.240 e. The molecule has 7 nitrogen and oxygen atoms in total. The van der Waals surface area contributed by atoms with Crippen LogP contribution >= 0.6 is 0 Å². The van der Waals surface area contributed by atoms with Crippen molar-refractivity contribution in [3.05, 3.63) is 24.3 Å². The molecule has 1 aromatic rings. The average molecular weight is 386 g/mol. The number of benzene rings is 1. The van der Waals surface area contributed by atoms with Crippen molar-refractivity contribution in [1.82, 2.24) is 9.62 Å². The van der Waals surface area contributed by atoms with Crippen LogP contribution in [0.4, 0.5) is 0 Å². The second-order valence-electron chi connectivity index (χ2n) is 6.56. The molecule has 0 aliphatic carbocycles. The average Bonchev–Trinajstić information content (AvgIpc) is 2.59. The largest absolute Gasteiger partial charge is 0.494 e. The van der Waals surface area contributed by atoms with Crippen LogP contribution < -0.4 is 15.2 Å². The van der Waals surface area contributed by atoms with E-state index in [1.807, 2.05) is 20.8 Å². The van der Waals surface area contributed by atoms with E-state index in [4.69, 9.17) is 10.5 Å². The maximum atomic E-state index is 12.2. The van der Waals surface area contributed by atoms with Gasteiger partial charge in [-0.05, 0) is 43.5 Å². The van der Waals surface area contributed by atoms with Gasteiger partial charge in [0.2, 0.25) is 15.9 Å². The van der Waals surface area contributed by atoms with Crippen LogP contribution in [0.1, 0.15) is 33.6 Å². The molecule has 0 spiro atoms. The highest BCUT2D eigenvalue weighted by Crippen LogP contribution is 2.15. The summed E-state index contributed by atoms with van der Waals surface area (Å²) in [7, 11) is -1.94. The van der Waals surface area contributed by atoms with E-state index in [9.17, 15) is 13.2 Å². The summed E-state index contributed by atoms with van der Waals surface area (Å²) in [6.07, 6.45) is 0.821. The van der Waals surface area contributed by atoms with Gasteiger partial charge in [0.05, 0.1) is 11.5 Å². The molecule has 0 aliphatic rings. The van der Waals surface area contributed by atoms with Gasteiger partial charge in [0.15, 0.2) is 0 Å². The molecule has 1 unspecified atom stereocenters. The molecule has 0 bridgehead atoms. The number of ether oxygens (including phenoxy) is 1. The van der Waals surface area contributed by atoms with Gasteiger partial charge < -0.3 is 15.4 Å². The van der Waals surface area contributed by atoms with Crippen LogP contribution in [0.3, 0.4) is 0 Å². The highest BCUT2D eigenvalue weighted by atomic mass is 32.2. The fourth-order valence-corrected chi connectivity index (χ4v) is 3.28. The summed E-state index contributed by atoms with van der Waals surface area (Å²) >= 11 is 0. The first-order valence-electron chi connectivity index (χ1n) is 8.89. The van der Waals surface area contributed by atoms with Crippen LogP contribution in [0.25, 0.3) is 0 Å². The first-order chi connectivity index (χ1) is 12.2. The number of carbonyl (C=O) groups excluding carboxylic acids is 1. The number of nitrogens with one attached hydrogen (secondary N) is 1. The summed E-state index contributed by atoms with van der Waals surface area (Å²) in [6.45, 7) is 7.07. The molecule has 0 fully saturated rings. The fraction of sp³-hybridized carbons (Fsp3) is 0.611. The lowest BCUT2D eigenvalue weighted by atomic mass is 10.0. The number of nitrogens with two attached hydrogens (primary N) is 1. The normalized spacial score (nSPS) is 12.8. The lowest BCUT2D eigenvalue weighted by Gasteiger charge is -2.21. The Bertz CT molecular complexity index is 660. The monoisotopic (exact) mass is 385 g/mol. The van der Waals surface area contributed by atoms with Gasteiger partial charge in [0, 0.05) is 32.6 Å². The second-order valence-corrected chi connectivity index (χ2v) is 8.33. The van der Waals surface area contributed by atoms with E-state index in [2.05, 4.69) is 4.72 Å². The minimum Gasteiger partial charge on any atom is -0.494 e. The van der Waals surface area contributed by atoms with Crippen molar-refractivity contribution in [2.75, 3.05) is 26.7 Å². The van der Waals surface area contributed by atoms with Crippen molar-refractivity contribution < 1.29 is 17.9 Å². The third-order valence-corrected chi connectivity index (χ3v) is 5.63. The maximum absolute atomic E-state index is 12.2. The SMILES string of the molecule is CCOc1ccc(S(=O)(=O)NCCC(=O)N(C)CCC(N)C(C)C)cc1. The van der Waals surface area contributed by atoms with Crippen LogP contribution in [0.5, 0.6) is 5.75 Å². The third-order valence-electron chi connectivity index (χ3n) is 4.16. The van der Waals surface area contributed by atoms with Crippen molar-refractivity contribution >= 4 is 15.9 Å². The van der Waals surface area contributed by atoms with Crippen LogP contribution in [0, 0.1) is 5.92 Å². The zero-order chi connectivity index (χ0) is 19.7. The molecule has 26 heavy (non-hydrogen) atoms. The van der Waals surface area contributed by atoms with Gasteiger partial charge in [-0.1, -0.05) is 13.8 Å². The van der Waals surface area contributed by atoms with Gasteiger partial charge in [-0.3, -0.25) is 4.79 Å². The molecule has 0 heterocycles. The van der Waals surface area contributed by atoms with E-state index in [1.165, 1.54) is 12.1 Å². The van der Waals surface area contributed by atoms with Gasteiger partial charge in [0.25, 0.3) is 0 Å². The Hall–Kier alpha value is -1.64. The molecule has 1 amide bonds. The predicted octanol–water partition coefficient (Wildman–Crippen LogP) is 1.59. The first-order valence-corrected chi connectivity index (χ1v) is 10.4. The number of sulfonamides is 1. The molecule has 1 atom stereocenters. The number of amides is 1. The zero-order valence-electron chi connectivity index (χ0n) is 16.1. The van der Waals surface area contributed by atoms with E-state index in [0.29, 0.717) is 24.8 Å². The van der Waals surface area contributed by atoms with Crippen LogP contribution in [0.2, 0.25) is 0 Å². The third kappa shape index (κ3) is 7.31. The van der Waals surface area contributed by atoms with Gasteiger partial charge in [0.1, 0.15) is 5.75 Å². The Balaban J connectivity index is 2.46. The summed E-state index contributed by atoms with van der Waals surface area (Å²) in [6, 6.07) is 6.22. The van der Waals surface area contributed by atoms with Gasteiger partial charge in [-0.25, -0.2) is 13.1 Å². The van der Waals surface area contributed by atoms with Crippen molar-refractivity contribution in [2.45, 2.75) is 44.6 Å². The Morgan fingerprint density at radius 2 is 1.88 bits per heavy atom. The summed E-state index contributed by atoms with van der Waals surface area (Å²) < 4.78 is 32.2. The fourth-order valence-electron chi connectivity index (χ4n) is 2.25. The quantitative estimate of drug-likeness (QED) is 0.602. The smallest absolute Gasteiger partial charge is 0.240 e. The molecule has 0 aliphatic heterocycles. The van der Waals surface area contributed by atoms with E-state index in [0.717, 1.165) is 6.42 Å². The molecule has 0 saturated heterocycles. The van der Waals surface area contributed by atoms with Crippen LogP contribution in [-0.4, -0.2) is 52.0 Å². The number of rotatable bonds is 11. The van der Waals surface area contributed by atoms with E-state index in [-0.39, 0.29) is 29.8 Å². The number of carbonyl (C=O) groups is 1.